The number of rotatable bonds is 5. The van der Waals surface area contributed by atoms with Crippen LogP contribution in [-0.2, 0) is 0 Å². The number of hydrogen-bond acceptors (Lipinski definition) is 4. The van der Waals surface area contributed by atoms with Crippen molar-refractivity contribution in [3.63, 3.8) is 0 Å². The van der Waals surface area contributed by atoms with E-state index in [1.165, 1.54) is 12.1 Å². The van der Waals surface area contributed by atoms with E-state index >= 15 is 0 Å². The van der Waals surface area contributed by atoms with Crippen molar-refractivity contribution in [2.24, 2.45) is 0 Å². The number of benzene rings is 1. The van der Waals surface area contributed by atoms with Gasteiger partial charge in [0.05, 0.1) is 16.3 Å². The van der Waals surface area contributed by atoms with Gasteiger partial charge >= 0.3 is 0 Å². The Kier molecular flexibility index (Phi) is 4.10. The second kappa shape index (κ2) is 5.34. The molecule has 0 spiro atoms. The molecule has 5 nitrogen and oxygen atoms in total. The van der Waals surface area contributed by atoms with E-state index in [9.17, 15) is 10.1 Å². The first-order valence-electron chi connectivity index (χ1n) is 5.39. The molecular formula is C11H17N3O2. The van der Waals surface area contributed by atoms with Gasteiger partial charge in [-0.1, -0.05) is 6.92 Å². The molecule has 0 atom stereocenters. The summed E-state index contributed by atoms with van der Waals surface area (Å²) in [6.45, 7) is 5.87. The van der Waals surface area contributed by atoms with Crippen LogP contribution < -0.4 is 10.6 Å². The van der Waals surface area contributed by atoms with Crippen LogP contribution in [0.1, 0.15) is 20.3 Å². The van der Waals surface area contributed by atoms with Crippen LogP contribution in [0.15, 0.2) is 18.2 Å². The molecule has 0 amide bonds. The number of nitrogens with zero attached hydrogens (tertiary/aromatic N) is 2. The lowest BCUT2D eigenvalue weighted by atomic mass is 10.2. The lowest BCUT2D eigenvalue weighted by Gasteiger charge is -2.23. The molecule has 0 aliphatic carbocycles. The standard InChI is InChI=1S/C11H17N3O2/c1-3-7-13(4-2)11-6-5-9(14(15)16)8-10(11)12/h5-6,8H,3-4,7,12H2,1-2H3. The van der Waals surface area contributed by atoms with Gasteiger partial charge in [0.1, 0.15) is 0 Å². The minimum Gasteiger partial charge on any atom is -0.397 e. The Morgan fingerprint density at radius 1 is 1.44 bits per heavy atom. The first kappa shape index (κ1) is 12.3. The molecule has 0 heterocycles. The van der Waals surface area contributed by atoms with Gasteiger partial charge in [-0.25, -0.2) is 0 Å². The second-order valence-electron chi connectivity index (χ2n) is 3.58. The molecule has 0 unspecified atom stereocenters. The molecule has 0 aromatic heterocycles. The second-order valence-corrected chi connectivity index (χ2v) is 3.58. The summed E-state index contributed by atoms with van der Waals surface area (Å²) in [6, 6.07) is 4.62. The Labute approximate surface area is 95.0 Å². The summed E-state index contributed by atoms with van der Waals surface area (Å²) in [5.74, 6) is 0. The maximum Gasteiger partial charge on any atom is 0.271 e. The molecule has 0 bridgehead atoms. The molecule has 1 aromatic carbocycles. The van der Waals surface area contributed by atoms with Crippen LogP contribution in [0.4, 0.5) is 17.1 Å². The van der Waals surface area contributed by atoms with Crippen LogP contribution in [0.3, 0.4) is 0 Å². The van der Waals surface area contributed by atoms with Crippen LogP contribution in [0.25, 0.3) is 0 Å². The third kappa shape index (κ3) is 2.62. The summed E-state index contributed by atoms with van der Waals surface area (Å²) in [6.07, 6.45) is 1.02. The number of hydrogen-bond donors (Lipinski definition) is 1. The maximum absolute atomic E-state index is 10.6. The topological polar surface area (TPSA) is 72.4 Å². The van der Waals surface area contributed by atoms with E-state index in [4.69, 9.17) is 5.73 Å². The van der Waals surface area contributed by atoms with Crippen LogP contribution in [0.5, 0.6) is 0 Å². The largest absolute Gasteiger partial charge is 0.397 e. The molecule has 1 aromatic rings. The Morgan fingerprint density at radius 3 is 2.56 bits per heavy atom. The van der Waals surface area contributed by atoms with Gasteiger partial charge in [0.2, 0.25) is 0 Å². The van der Waals surface area contributed by atoms with E-state index in [0.717, 1.165) is 25.2 Å². The zero-order chi connectivity index (χ0) is 12.1. The Hall–Kier alpha value is -1.78. The first-order chi connectivity index (χ1) is 7.60. The molecule has 16 heavy (non-hydrogen) atoms. The average molecular weight is 223 g/mol. The summed E-state index contributed by atoms with van der Waals surface area (Å²) in [7, 11) is 0. The van der Waals surface area contributed by atoms with Crippen LogP contribution in [-0.4, -0.2) is 18.0 Å². The fraction of sp³-hybridized carbons (Fsp3) is 0.455. The van der Waals surface area contributed by atoms with Crippen molar-refractivity contribution in [1.82, 2.24) is 0 Å². The quantitative estimate of drug-likeness (QED) is 0.472. The average Bonchev–Trinajstić information content (AvgIpc) is 2.26. The highest BCUT2D eigenvalue weighted by Crippen LogP contribution is 2.27. The summed E-state index contributed by atoms with van der Waals surface area (Å²) >= 11 is 0. The fourth-order valence-electron chi connectivity index (χ4n) is 1.66. The van der Waals surface area contributed by atoms with Gasteiger partial charge in [0, 0.05) is 25.2 Å². The van der Waals surface area contributed by atoms with Crippen LogP contribution >= 0.6 is 0 Å². The van der Waals surface area contributed by atoms with Crippen molar-refractivity contribution in [1.29, 1.82) is 0 Å². The van der Waals surface area contributed by atoms with Gasteiger partial charge < -0.3 is 10.6 Å². The molecule has 0 aliphatic rings. The van der Waals surface area contributed by atoms with Crippen LogP contribution in [0.2, 0.25) is 0 Å². The summed E-state index contributed by atoms with van der Waals surface area (Å²) in [5.41, 5.74) is 7.19. The summed E-state index contributed by atoms with van der Waals surface area (Å²) in [5, 5.41) is 10.6. The van der Waals surface area contributed by atoms with Gasteiger partial charge in [-0.05, 0) is 19.4 Å². The number of nitro benzene ring substituents is 1. The lowest BCUT2D eigenvalue weighted by Crippen LogP contribution is -2.24. The number of nitro groups is 1. The molecule has 0 saturated carbocycles. The summed E-state index contributed by atoms with van der Waals surface area (Å²) < 4.78 is 0. The van der Waals surface area contributed by atoms with Crippen molar-refractivity contribution < 1.29 is 4.92 Å². The van der Waals surface area contributed by atoms with Crippen molar-refractivity contribution >= 4 is 17.1 Å². The van der Waals surface area contributed by atoms with Gasteiger partial charge in [0.25, 0.3) is 5.69 Å². The normalized spacial score (nSPS) is 10.1. The van der Waals surface area contributed by atoms with Gasteiger partial charge in [-0.2, -0.15) is 0 Å². The SMILES string of the molecule is CCCN(CC)c1ccc([N+](=O)[O-])cc1N. The van der Waals surface area contributed by atoms with Crippen molar-refractivity contribution in [2.75, 3.05) is 23.7 Å². The molecule has 2 N–H and O–H groups in total. The van der Waals surface area contributed by atoms with Gasteiger partial charge in [-0.3, -0.25) is 10.1 Å². The van der Waals surface area contributed by atoms with Gasteiger partial charge in [-0.15, -0.1) is 0 Å². The van der Waals surface area contributed by atoms with E-state index in [1.807, 2.05) is 6.92 Å². The first-order valence-corrected chi connectivity index (χ1v) is 5.39. The van der Waals surface area contributed by atoms with E-state index in [2.05, 4.69) is 11.8 Å². The highest BCUT2D eigenvalue weighted by molar-refractivity contribution is 5.70. The highest BCUT2D eigenvalue weighted by Gasteiger charge is 2.12. The predicted molar refractivity (Wildman–Crippen MR) is 65.7 cm³/mol. The third-order valence-corrected chi connectivity index (χ3v) is 2.44. The Morgan fingerprint density at radius 2 is 2.12 bits per heavy atom. The van der Waals surface area contributed by atoms with Crippen molar-refractivity contribution in [3.8, 4) is 0 Å². The van der Waals surface area contributed by atoms with Crippen molar-refractivity contribution in [3.05, 3.63) is 28.3 Å². The zero-order valence-electron chi connectivity index (χ0n) is 9.64. The fourth-order valence-corrected chi connectivity index (χ4v) is 1.66. The predicted octanol–water partition coefficient (Wildman–Crippen LogP) is 2.41. The molecule has 0 fully saturated rings. The Balaban J connectivity index is 3.01. The highest BCUT2D eigenvalue weighted by atomic mass is 16.6. The third-order valence-electron chi connectivity index (χ3n) is 2.44. The molecule has 88 valence electrons. The van der Waals surface area contributed by atoms with Crippen LogP contribution in [0, 0.1) is 10.1 Å². The molecule has 0 aliphatic heterocycles. The minimum atomic E-state index is -0.434. The monoisotopic (exact) mass is 223 g/mol. The minimum absolute atomic E-state index is 0.0359. The zero-order valence-corrected chi connectivity index (χ0v) is 9.64. The number of nitrogen functional groups attached to an aromatic ring is 1. The lowest BCUT2D eigenvalue weighted by molar-refractivity contribution is -0.384. The Bertz CT molecular complexity index is 379. The van der Waals surface area contributed by atoms with E-state index < -0.39 is 4.92 Å². The number of nitrogens with two attached hydrogens (primary N) is 1. The molecule has 5 heteroatoms. The number of anilines is 2. The molecular weight excluding hydrogens is 206 g/mol. The van der Waals surface area contributed by atoms with E-state index in [1.54, 1.807) is 6.07 Å². The maximum atomic E-state index is 10.6. The van der Waals surface area contributed by atoms with Crippen molar-refractivity contribution in [2.45, 2.75) is 20.3 Å². The molecule has 1 rings (SSSR count). The summed E-state index contributed by atoms with van der Waals surface area (Å²) in [4.78, 5) is 12.2. The van der Waals surface area contributed by atoms with E-state index in [0.29, 0.717) is 5.69 Å². The molecule has 0 saturated heterocycles. The smallest absolute Gasteiger partial charge is 0.271 e. The van der Waals surface area contributed by atoms with Gasteiger partial charge in [0.15, 0.2) is 0 Å². The van der Waals surface area contributed by atoms with E-state index in [-0.39, 0.29) is 5.69 Å². The number of non-ortho nitro benzene ring substituents is 1. The molecule has 0 radical (unpaired) electrons.